The third-order valence-corrected chi connectivity index (χ3v) is 6.16. The van der Waals surface area contributed by atoms with Crippen LogP contribution in [0, 0.1) is 0 Å². The molecule has 1 aliphatic heterocycles. The van der Waals surface area contributed by atoms with Crippen LogP contribution in [-0.2, 0) is 5.54 Å². The van der Waals surface area contributed by atoms with E-state index < -0.39 is 11.6 Å². The first-order valence-electron chi connectivity index (χ1n) is 11.0. The summed E-state index contributed by atoms with van der Waals surface area (Å²) in [5.74, 6) is 1.34. The smallest absolute Gasteiger partial charge is 0.256 e. The quantitative estimate of drug-likeness (QED) is 0.367. The molecule has 4 heterocycles. The van der Waals surface area contributed by atoms with Crippen molar-refractivity contribution in [3.05, 3.63) is 71.9 Å². The first kappa shape index (κ1) is 22.4. The highest BCUT2D eigenvalue weighted by Gasteiger charge is 2.42. The molecule has 0 unspecified atom stereocenters. The summed E-state index contributed by atoms with van der Waals surface area (Å²) in [6, 6.07) is 12.6. The molecule has 4 aromatic rings. The molecule has 11 heteroatoms. The molecule has 1 aromatic carbocycles. The Kier molecular flexibility index (Phi) is 5.61. The van der Waals surface area contributed by atoms with E-state index in [0.29, 0.717) is 28.5 Å². The normalized spacial score (nSPS) is 15.1. The van der Waals surface area contributed by atoms with Crippen molar-refractivity contribution in [1.29, 1.82) is 0 Å². The average molecular weight is 473 g/mol. The number of aliphatic hydroxyl groups excluding tert-OH is 1. The van der Waals surface area contributed by atoms with Crippen molar-refractivity contribution >= 4 is 23.5 Å². The lowest BCUT2D eigenvalue weighted by molar-refractivity contribution is 0.0688. The minimum Gasteiger partial charge on any atom is -0.423 e. The molecule has 0 saturated heterocycles. The summed E-state index contributed by atoms with van der Waals surface area (Å²) in [7, 11) is 1.76. The van der Waals surface area contributed by atoms with Crippen LogP contribution in [0.4, 0.5) is 17.6 Å². The maximum absolute atomic E-state index is 12.5. The molecule has 1 atom stereocenters. The van der Waals surface area contributed by atoms with E-state index in [1.54, 1.807) is 30.3 Å². The van der Waals surface area contributed by atoms with E-state index >= 15 is 0 Å². The van der Waals surface area contributed by atoms with E-state index in [9.17, 15) is 9.90 Å². The SMILES string of the molecule is CN1C(=O)c2ccc(Nc3ncc(-c4nnco4)c(N[C@H](CO)c4ccccc4)n3)nc2C1(C)C. The first-order valence-corrected chi connectivity index (χ1v) is 11.0. The molecule has 0 bridgehead atoms. The second kappa shape index (κ2) is 8.76. The van der Waals surface area contributed by atoms with Gasteiger partial charge in [-0.2, -0.15) is 4.98 Å². The Balaban J connectivity index is 1.49. The van der Waals surface area contributed by atoms with E-state index in [2.05, 4.69) is 35.8 Å². The number of nitrogens with one attached hydrogen (secondary N) is 2. The summed E-state index contributed by atoms with van der Waals surface area (Å²) in [4.78, 5) is 27.9. The molecule has 0 spiro atoms. The van der Waals surface area contributed by atoms with Gasteiger partial charge in [-0.15, -0.1) is 10.2 Å². The molecule has 1 aliphatic rings. The van der Waals surface area contributed by atoms with Crippen LogP contribution in [0.25, 0.3) is 11.5 Å². The number of hydrogen-bond donors (Lipinski definition) is 3. The topological polar surface area (TPSA) is 142 Å². The molecule has 0 radical (unpaired) electrons. The van der Waals surface area contributed by atoms with Crippen LogP contribution in [0.5, 0.6) is 0 Å². The summed E-state index contributed by atoms with van der Waals surface area (Å²) in [6.45, 7) is 3.73. The lowest BCUT2D eigenvalue weighted by Gasteiger charge is -2.27. The number of carbonyl (C=O) groups is 1. The van der Waals surface area contributed by atoms with Crippen LogP contribution in [0.15, 0.2) is 59.5 Å². The number of fused-ring (bicyclic) bond motifs is 1. The van der Waals surface area contributed by atoms with Crippen LogP contribution < -0.4 is 10.6 Å². The molecule has 5 rings (SSSR count). The average Bonchev–Trinajstić information content (AvgIpc) is 3.46. The molecule has 0 aliphatic carbocycles. The zero-order chi connectivity index (χ0) is 24.6. The van der Waals surface area contributed by atoms with Crippen molar-refractivity contribution in [2.24, 2.45) is 0 Å². The van der Waals surface area contributed by atoms with Crippen LogP contribution >= 0.6 is 0 Å². The number of hydrogen-bond acceptors (Lipinski definition) is 10. The van der Waals surface area contributed by atoms with Crippen molar-refractivity contribution in [3.63, 3.8) is 0 Å². The molecular weight excluding hydrogens is 448 g/mol. The van der Waals surface area contributed by atoms with Gasteiger partial charge in [-0.3, -0.25) is 4.79 Å². The fourth-order valence-electron chi connectivity index (χ4n) is 3.96. The molecule has 35 heavy (non-hydrogen) atoms. The van der Waals surface area contributed by atoms with E-state index in [1.165, 1.54) is 6.39 Å². The lowest BCUT2D eigenvalue weighted by atomic mass is 10.00. The third kappa shape index (κ3) is 4.06. The summed E-state index contributed by atoms with van der Waals surface area (Å²) < 4.78 is 5.36. The highest BCUT2D eigenvalue weighted by Crippen LogP contribution is 2.37. The Morgan fingerprint density at radius 1 is 1.11 bits per heavy atom. The van der Waals surface area contributed by atoms with Gasteiger partial charge in [0.05, 0.1) is 35.0 Å². The summed E-state index contributed by atoms with van der Waals surface area (Å²) in [5, 5.41) is 24.1. The largest absolute Gasteiger partial charge is 0.423 e. The van der Waals surface area contributed by atoms with Gasteiger partial charge >= 0.3 is 0 Å². The van der Waals surface area contributed by atoms with Gasteiger partial charge in [0.25, 0.3) is 11.8 Å². The molecule has 3 N–H and O–H groups in total. The van der Waals surface area contributed by atoms with Crippen molar-refractivity contribution in [2.45, 2.75) is 25.4 Å². The number of benzene rings is 1. The number of aliphatic hydroxyl groups is 1. The Morgan fingerprint density at radius 3 is 2.63 bits per heavy atom. The molecular formula is C24H24N8O3. The standard InChI is InChI=1S/C24H24N8O3/c1-24(2)19-15(22(34)32(24)3)9-10-18(28-19)29-23-25-11-16(21-31-26-13-35-21)20(30-23)27-17(12-33)14-7-5-4-6-8-14/h4-11,13,17,33H,12H2,1-3H3,(H2,25,27,28,29,30)/t17-/m1/s1. The number of amides is 1. The highest BCUT2D eigenvalue weighted by molar-refractivity contribution is 5.99. The number of carbonyl (C=O) groups excluding carboxylic acids is 1. The summed E-state index contributed by atoms with van der Waals surface area (Å²) in [5.41, 5.74) is 2.09. The number of pyridine rings is 1. The van der Waals surface area contributed by atoms with Gasteiger partial charge in [-0.25, -0.2) is 9.97 Å². The zero-order valence-corrected chi connectivity index (χ0v) is 19.4. The predicted molar refractivity (Wildman–Crippen MR) is 128 cm³/mol. The molecule has 1 amide bonds. The van der Waals surface area contributed by atoms with Gasteiger partial charge < -0.3 is 25.1 Å². The van der Waals surface area contributed by atoms with Crippen LogP contribution in [0.1, 0.15) is 41.5 Å². The fraction of sp³-hybridized carbons (Fsp3) is 0.250. The van der Waals surface area contributed by atoms with E-state index in [4.69, 9.17) is 4.42 Å². The lowest BCUT2D eigenvalue weighted by Crippen LogP contribution is -2.35. The summed E-state index contributed by atoms with van der Waals surface area (Å²) >= 11 is 0. The Morgan fingerprint density at radius 2 is 1.91 bits per heavy atom. The molecule has 11 nitrogen and oxygen atoms in total. The third-order valence-electron chi connectivity index (χ3n) is 6.16. The minimum atomic E-state index is -0.538. The van der Waals surface area contributed by atoms with Gasteiger partial charge in [-0.1, -0.05) is 30.3 Å². The number of aromatic nitrogens is 5. The molecule has 0 saturated carbocycles. The van der Waals surface area contributed by atoms with Gasteiger partial charge in [0.2, 0.25) is 12.3 Å². The fourth-order valence-corrected chi connectivity index (χ4v) is 3.96. The van der Waals surface area contributed by atoms with Crippen molar-refractivity contribution in [3.8, 4) is 11.5 Å². The Labute approximate surface area is 201 Å². The van der Waals surface area contributed by atoms with Crippen molar-refractivity contribution in [1.82, 2.24) is 30.0 Å². The van der Waals surface area contributed by atoms with Gasteiger partial charge in [0.15, 0.2) is 0 Å². The Bertz CT molecular complexity index is 1360. The molecule has 178 valence electrons. The maximum Gasteiger partial charge on any atom is 0.256 e. The zero-order valence-electron chi connectivity index (χ0n) is 19.4. The monoisotopic (exact) mass is 472 g/mol. The summed E-state index contributed by atoms with van der Waals surface area (Å²) in [6.07, 6.45) is 2.78. The van der Waals surface area contributed by atoms with Crippen LogP contribution in [0.3, 0.4) is 0 Å². The first-order chi connectivity index (χ1) is 16.9. The number of rotatable bonds is 7. The predicted octanol–water partition coefficient (Wildman–Crippen LogP) is 3.13. The van der Waals surface area contributed by atoms with Gasteiger partial charge in [0, 0.05) is 13.2 Å². The molecule has 0 fully saturated rings. The van der Waals surface area contributed by atoms with Crippen LogP contribution in [0.2, 0.25) is 0 Å². The second-order valence-corrected chi connectivity index (χ2v) is 8.63. The van der Waals surface area contributed by atoms with Gasteiger partial charge in [-0.05, 0) is 31.5 Å². The Hall–Kier alpha value is -4.38. The van der Waals surface area contributed by atoms with Gasteiger partial charge in [0.1, 0.15) is 11.6 Å². The van der Waals surface area contributed by atoms with E-state index in [1.807, 2.05) is 44.2 Å². The second-order valence-electron chi connectivity index (χ2n) is 8.63. The van der Waals surface area contributed by atoms with E-state index in [-0.39, 0.29) is 24.4 Å². The number of nitrogens with zero attached hydrogens (tertiary/aromatic N) is 6. The van der Waals surface area contributed by atoms with Crippen molar-refractivity contribution < 1.29 is 14.3 Å². The molecule has 3 aromatic heterocycles. The maximum atomic E-state index is 12.5. The minimum absolute atomic E-state index is 0.0633. The van der Waals surface area contributed by atoms with Crippen LogP contribution in [-0.4, -0.2) is 54.7 Å². The van der Waals surface area contributed by atoms with Crippen molar-refractivity contribution in [2.75, 3.05) is 24.3 Å². The highest BCUT2D eigenvalue weighted by atomic mass is 16.4. The van der Waals surface area contributed by atoms with E-state index in [0.717, 1.165) is 5.56 Å². The number of anilines is 3.